The van der Waals surface area contributed by atoms with Gasteiger partial charge in [0.05, 0.1) is 17.4 Å². The van der Waals surface area contributed by atoms with E-state index < -0.39 is 5.54 Å². The topological polar surface area (TPSA) is 80.0 Å². The Morgan fingerprint density at radius 2 is 2.47 bits per heavy atom. The van der Waals surface area contributed by atoms with Crippen molar-refractivity contribution in [2.24, 2.45) is 0 Å². The Hall–Kier alpha value is -1.62. The first-order valence-corrected chi connectivity index (χ1v) is 5.94. The molecule has 1 aliphatic heterocycles. The second kappa shape index (κ2) is 4.71. The average Bonchev–Trinajstić information content (AvgIpc) is 2.82. The maximum absolute atomic E-state index is 12.2. The Morgan fingerprint density at radius 1 is 1.65 bits per heavy atom. The summed E-state index contributed by atoms with van der Waals surface area (Å²) in [6.07, 6.45) is 4.30. The third-order valence-corrected chi connectivity index (χ3v) is 3.33. The number of nitrogen functional groups attached to an aromatic ring is 1. The Balaban J connectivity index is 2.08. The van der Waals surface area contributed by atoms with E-state index in [0.29, 0.717) is 11.5 Å². The maximum atomic E-state index is 12.2. The number of amides is 1. The second-order valence-electron chi connectivity index (χ2n) is 4.39. The number of pyridine rings is 1. The van der Waals surface area contributed by atoms with Gasteiger partial charge in [-0.15, -0.1) is 0 Å². The molecule has 4 N–H and O–H groups in total. The number of rotatable bonds is 3. The van der Waals surface area contributed by atoms with Crippen molar-refractivity contribution in [2.75, 3.05) is 17.6 Å². The van der Waals surface area contributed by atoms with Gasteiger partial charge in [-0.25, -0.2) is 4.98 Å². The molecule has 0 spiro atoms. The standard InChI is InChI=1S/C12H18N4O/c1-2-12(6-3-7-15-12)11(17)16-9-4-5-10(13)14-8-9/h4-5,8,15H,2-3,6-7H2,1H3,(H2,13,14)(H,16,17). The van der Waals surface area contributed by atoms with Gasteiger partial charge in [-0.1, -0.05) is 6.92 Å². The molecule has 17 heavy (non-hydrogen) atoms. The highest BCUT2D eigenvalue weighted by Gasteiger charge is 2.38. The van der Waals surface area contributed by atoms with E-state index in [2.05, 4.69) is 15.6 Å². The van der Waals surface area contributed by atoms with Crippen molar-refractivity contribution in [2.45, 2.75) is 31.7 Å². The third kappa shape index (κ3) is 2.39. The fourth-order valence-corrected chi connectivity index (χ4v) is 2.19. The first kappa shape index (κ1) is 11.9. The van der Waals surface area contributed by atoms with Crippen molar-refractivity contribution in [3.05, 3.63) is 18.3 Å². The third-order valence-electron chi connectivity index (χ3n) is 3.33. The van der Waals surface area contributed by atoms with E-state index in [-0.39, 0.29) is 5.91 Å². The lowest BCUT2D eigenvalue weighted by molar-refractivity contribution is -0.122. The van der Waals surface area contributed by atoms with Crippen molar-refractivity contribution in [1.29, 1.82) is 0 Å². The van der Waals surface area contributed by atoms with E-state index >= 15 is 0 Å². The van der Waals surface area contributed by atoms with Crippen LogP contribution in [-0.4, -0.2) is 23.0 Å². The van der Waals surface area contributed by atoms with E-state index in [1.54, 1.807) is 18.3 Å². The summed E-state index contributed by atoms with van der Waals surface area (Å²) in [6, 6.07) is 3.44. The summed E-state index contributed by atoms with van der Waals surface area (Å²) in [5.74, 6) is 0.469. The SMILES string of the molecule is CCC1(C(=O)Nc2ccc(N)nc2)CCCN1. The molecule has 1 aliphatic rings. The molecule has 5 heteroatoms. The van der Waals surface area contributed by atoms with Crippen LogP contribution in [0.2, 0.25) is 0 Å². The van der Waals surface area contributed by atoms with Crippen LogP contribution in [0.5, 0.6) is 0 Å². The number of nitrogens with zero attached hydrogens (tertiary/aromatic N) is 1. The number of carbonyl (C=O) groups excluding carboxylic acids is 1. The zero-order valence-electron chi connectivity index (χ0n) is 9.99. The van der Waals surface area contributed by atoms with E-state index in [0.717, 1.165) is 25.8 Å². The van der Waals surface area contributed by atoms with Crippen LogP contribution in [-0.2, 0) is 4.79 Å². The molecule has 1 unspecified atom stereocenters. The van der Waals surface area contributed by atoms with Gasteiger partial charge in [0.15, 0.2) is 0 Å². The predicted molar refractivity (Wildman–Crippen MR) is 67.5 cm³/mol. The van der Waals surface area contributed by atoms with Crippen LogP contribution < -0.4 is 16.4 Å². The van der Waals surface area contributed by atoms with Gasteiger partial charge < -0.3 is 16.4 Å². The first-order chi connectivity index (χ1) is 8.16. The van der Waals surface area contributed by atoms with Crippen molar-refractivity contribution < 1.29 is 4.79 Å². The number of hydrogen-bond donors (Lipinski definition) is 3. The zero-order valence-corrected chi connectivity index (χ0v) is 9.99. The number of anilines is 2. The van der Waals surface area contributed by atoms with Gasteiger partial charge in [0.2, 0.25) is 5.91 Å². The van der Waals surface area contributed by atoms with Gasteiger partial charge in [0.25, 0.3) is 0 Å². The second-order valence-corrected chi connectivity index (χ2v) is 4.39. The summed E-state index contributed by atoms with van der Waals surface area (Å²) in [4.78, 5) is 16.2. The highest BCUT2D eigenvalue weighted by atomic mass is 16.2. The Kier molecular flexibility index (Phi) is 3.28. The lowest BCUT2D eigenvalue weighted by Gasteiger charge is -2.26. The fraction of sp³-hybridized carbons (Fsp3) is 0.500. The minimum Gasteiger partial charge on any atom is -0.384 e. The molecule has 2 heterocycles. The summed E-state index contributed by atoms with van der Waals surface area (Å²) < 4.78 is 0. The van der Waals surface area contributed by atoms with Crippen LogP contribution >= 0.6 is 0 Å². The minimum absolute atomic E-state index is 0.0177. The highest BCUT2D eigenvalue weighted by molar-refractivity contribution is 5.98. The first-order valence-electron chi connectivity index (χ1n) is 5.94. The Bertz CT molecular complexity index is 395. The molecule has 5 nitrogen and oxygen atoms in total. The van der Waals surface area contributed by atoms with Gasteiger partial charge in [-0.05, 0) is 37.9 Å². The summed E-state index contributed by atoms with van der Waals surface area (Å²) in [7, 11) is 0. The molecule has 0 aliphatic carbocycles. The molecule has 1 saturated heterocycles. The van der Waals surface area contributed by atoms with Crippen molar-refractivity contribution >= 4 is 17.4 Å². The van der Waals surface area contributed by atoms with Crippen molar-refractivity contribution in [3.63, 3.8) is 0 Å². The number of aromatic nitrogens is 1. The minimum atomic E-state index is -0.415. The molecule has 2 rings (SSSR count). The normalized spacial score (nSPS) is 23.6. The molecule has 0 radical (unpaired) electrons. The van der Waals surface area contributed by atoms with Crippen molar-refractivity contribution in [1.82, 2.24) is 10.3 Å². The van der Waals surface area contributed by atoms with Crippen LogP contribution in [0.25, 0.3) is 0 Å². The Labute approximate surface area is 101 Å². The molecule has 0 bridgehead atoms. The monoisotopic (exact) mass is 234 g/mol. The summed E-state index contributed by atoms with van der Waals surface area (Å²) in [6.45, 7) is 2.93. The largest absolute Gasteiger partial charge is 0.384 e. The van der Waals surface area contributed by atoms with Crippen LogP contribution in [0.1, 0.15) is 26.2 Å². The maximum Gasteiger partial charge on any atom is 0.244 e. The Morgan fingerprint density at radius 3 is 3.00 bits per heavy atom. The van der Waals surface area contributed by atoms with E-state index in [1.807, 2.05) is 6.92 Å². The van der Waals surface area contributed by atoms with E-state index in [9.17, 15) is 4.79 Å². The molecule has 1 aromatic heterocycles. The lowest BCUT2D eigenvalue weighted by atomic mass is 9.93. The van der Waals surface area contributed by atoms with E-state index in [4.69, 9.17) is 5.73 Å². The van der Waals surface area contributed by atoms with Gasteiger partial charge in [-0.3, -0.25) is 4.79 Å². The van der Waals surface area contributed by atoms with E-state index in [1.165, 1.54) is 0 Å². The predicted octanol–water partition coefficient (Wildman–Crippen LogP) is 1.13. The van der Waals surface area contributed by atoms with Crippen molar-refractivity contribution in [3.8, 4) is 0 Å². The van der Waals surface area contributed by atoms with Crippen LogP contribution in [0.3, 0.4) is 0 Å². The molecule has 0 saturated carbocycles. The van der Waals surface area contributed by atoms with Gasteiger partial charge in [0.1, 0.15) is 5.82 Å². The molecule has 1 amide bonds. The van der Waals surface area contributed by atoms with Crippen LogP contribution in [0, 0.1) is 0 Å². The molecule has 0 aromatic carbocycles. The average molecular weight is 234 g/mol. The summed E-state index contributed by atoms with van der Waals surface area (Å²) in [5.41, 5.74) is 5.77. The fourth-order valence-electron chi connectivity index (χ4n) is 2.19. The molecule has 1 atom stereocenters. The smallest absolute Gasteiger partial charge is 0.244 e. The van der Waals surface area contributed by atoms with Gasteiger partial charge >= 0.3 is 0 Å². The van der Waals surface area contributed by atoms with Crippen LogP contribution in [0.4, 0.5) is 11.5 Å². The number of nitrogens with two attached hydrogens (primary N) is 1. The van der Waals surface area contributed by atoms with Crippen LogP contribution in [0.15, 0.2) is 18.3 Å². The molecule has 1 fully saturated rings. The molecule has 1 aromatic rings. The summed E-state index contributed by atoms with van der Waals surface area (Å²) >= 11 is 0. The summed E-state index contributed by atoms with van der Waals surface area (Å²) in [5, 5.41) is 6.18. The molecular formula is C12H18N4O. The lowest BCUT2D eigenvalue weighted by Crippen LogP contribution is -2.50. The molecular weight excluding hydrogens is 216 g/mol. The molecule has 92 valence electrons. The van der Waals surface area contributed by atoms with Gasteiger partial charge in [-0.2, -0.15) is 0 Å². The van der Waals surface area contributed by atoms with Gasteiger partial charge in [0, 0.05) is 0 Å². The number of nitrogens with one attached hydrogen (secondary N) is 2. The number of hydrogen-bond acceptors (Lipinski definition) is 4. The quantitative estimate of drug-likeness (QED) is 0.732. The number of carbonyl (C=O) groups is 1. The zero-order chi connectivity index (χ0) is 12.3. The highest BCUT2D eigenvalue weighted by Crippen LogP contribution is 2.24.